The van der Waals surface area contributed by atoms with Crippen molar-refractivity contribution in [1.82, 2.24) is 10.2 Å². The highest BCUT2D eigenvalue weighted by Crippen LogP contribution is 2.24. The number of likely N-dealkylation sites (tertiary alicyclic amines) is 1. The Morgan fingerprint density at radius 1 is 1.29 bits per heavy atom. The minimum Gasteiger partial charge on any atom is -0.375 e. The number of nitrogens with one attached hydrogen (secondary N) is 1. The quantitative estimate of drug-likeness (QED) is 0.746. The van der Waals surface area contributed by atoms with Crippen LogP contribution >= 0.6 is 11.3 Å². The zero-order chi connectivity index (χ0) is 14.5. The minimum absolute atomic E-state index is 0.777. The molecule has 1 saturated carbocycles. The number of hydrogen-bond donors (Lipinski definition) is 1. The van der Waals surface area contributed by atoms with Crippen molar-refractivity contribution >= 4 is 11.3 Å². The van der Waals surface area contributed by atoms with E-state index in [9.17, 15) is 0 Å². The lowest BCUT2D eigenvalue weighted by atomic mass is 10.1. The van der Waals surface area contributed by atoms with E-state index in [0.29, 0.717) is 0 Å². The van der Waals surface area contributed by atoms with Crippen molar-refractivity contribution in [2.45, 2.75) is 58.2 Å². The fourth-order valence-corrected chi connectivity index (χ4v) is 3.91. The number of hydrogen-bond acceptors (Lipinski definition) is 4. The van der Waals surface area contributed by atoms with Crippen molar-refractivity contribution in [3.63, 3.8) is 0 Å². The average Bonchev–Trinajstić information content (AvgIpc) is 3.27. The van der Waals surface area contributed by atoms with E-state index in [1.165, 1.54) is 60.5 Å². The lowest BCUT2D eigenvalue weighted by Gasteiger charge is -2.26. The highest BCUT2D eigenvalue weighted by Gasteiger charge is 2.20. The Hall–Kier alpha value is -0.420. The second kappa shape index (κ2) is 7.73. The lowest BCUT2D eigenvalue weighted by Crippen LogP contribution is -2.32. The zero-order valence-corrected chi connectivity index (χ0v) is 14.0. The predicted molar refractivity (Wildman–Crippen MR) is 88.9 cm³/mol. The van der Waals surface area contributed by atoms with Crippen molar-refractivity contribution in [1.29, 1.82) is 0 Å². The van der Waals surface area contributed by atoms with Gasteiger partial charge in [-0.3, -0.25) is 0 Å². The third kappa shape index (κ3) is 5.06. The van der Waals surface area contributed by atoms with E-state index in [1.54, 1.807) is 0 Å². The summed E-state index contributed by atoms with van der Waals surface area (Å²) in [4.78, 5) is 5.41. The van der Waals surface area contributed by atoms with Crippen LogP contribution in [0.4, 0.5) is 0 Å². The predicted octanol–water partition coefficient (Wildman–Crippen LogP) is 3.31. The first-order valence-corrected chi connectivity index (χ1v) is 9.24. The molecule has 3 nitrogen and oxygen atoms in total. The van der Waals surface area contributed by atoms with E-state index in [2.05, 4.69) is 23.2 Å². The van der Waals surface area contributed by atoms with Crippen molar-refractivity contribution < 1.29 is 4.74 Å². The van der Waals surface area contributed by atoms with Crippen LogP contribution in [0, 0.1) is 6.92 Å². The highest BCUT2D eigenvalue weighted by molar-refractivity contribution is 7.12. The molecule has 0 bridgehead atoms. The maximum Gasteiger partial charge on any atom is 0.0728 e. The standard InChI is InChI=1S/C17H28N2OS/c1-14-15(11-17(21-14)12-18-16-5-6-16)13-20-10-9-19-7-3-2-4-8-19/h11,16,18H,2-10,12-13H2,1H3. The summed E-state index contributed by atoms with van der Waals surface area (Å²) in [5.41, 5.74) is 1.38. The molecule has 0 amide bonds. The Balaban J connectivity index is 1.35. The van der Waals surface area contributed by atoms with Crippen molar-refractivity contribution in [2.75, 3.05) is 26.2 Å². The van der Waals surface area contributed by atoms with Gasteiger partial charge in [-0.15, -0.1) is 11.3 Å². The van der Waals surface area contributed by atoms with E-state index in [1.807, 2.05) is 11.3 Å². The van der Waals surface area contributed by atoms with Gasteiger partial charge in [0.1, 0.15) is 0 Å². The molecule has 0 unspecified atom stereocenters. The van der Waals surface area contributed by atoms with Gasteiger partial charge in [-0.25, -0.2) is 0 Å². The molecule has 1 aromatic rings. The summed E-state index contributed by atoms with van der Waals surface area (Å²) in [6, 6.07) is 3.12. The topological polar surface area (TPSA) is 24.5 Å². The first-order valence-electron chi connectivity index (χ1n) is 8.43. The SMILES string of the molecule is Cc1sc(CNC2CC2)cc1COCCN1CCCCC1. The van der Waals surface area contributed by atoms with Gasteiger partial charge < -0.3 is 15.0 Å². The summed E-state index contributed by atoms with van der Waals surface area (Å²) >= 11 is 1.92. The monoisotopic (exact) mass is 308 g/mol. The number of thiophene rings is 1. The summed E-state index contributed by atoms with van der Waals surface area (Å²) in [7, 11) is 0. The van der Waals surface area contributed by atoms with Crippen molar-refractivity contribution in [3.05, 3.63) is 21.4 Å². The molecular formula is C17H28N2OS. The Bertz CT molecular complexity index is 436. The summed E-state index contributed by atoms with van der Waals surface area (Å²) < 4.78 is 5.90. The Morgan fingerprint density at radius 3 is 2.86 bits per heavy atom. The lowest BCUT2D eigenvalue weighted by molar-refractivity contribution is 0.0862. The smallest absolute Gasteiger partial charge is 0.0728 e. The van der Waals surface area contributed by atoms with E-state index in [-0.39, 0.29) is 0 Å². The molecule has 1 aromatic heterocycles. The summed E-state index contributed by atoms with van der Waals surface area (Å²) in [5, 5.41) is 3.59. The summed E-state index contributed by atoms with van der Waals surface area (Å²) in [6.45, 7) is 8.51. The normalized spacial score (nSPS) is 20.0. The van der Waals surface area contributed by atoms with Crippen LogP contribution in [-0.4, -0.2) is 37.2 Å². The second-order valence-electron chi connectivity index (χ2n) is 6.40. The van der Waals surface area contributed by atoms with Crippen LogP contribution in [0.3, 0.4) is 0 Å². The average molecular weight is 308 g/mol. The minimum atomic E-state index is 0.777. The van der Waals surface area contributed by atoms with Crippen LogP contribution in [-0.2, 0) is 17.9 Å². The molecule has 1 saturated heterocycles. The summed E-state index contributed by atoms with van der Waals surface area (Å²) in [6.07, 6.45) is 6.85. The molecule has 3 rings (SSSR count). The molecule has 1 N–H and O–H groups in total. The van der Waals surface area contributed by atoms with E-state index in [4.69, 9.17) is 4.74 Å². The number of nitrogens with zero attached hydrogens (tertiary/aromatic N) is 1. The fraction of sp³-hybridized carbons (Fsp3) is 0.765. The second-order valence-corrected chi connectivity index (χ2v) is 7.75. The third-order valence-corrected chi connectivity index (χ3v) is 5.56. The molecule has 4 heteroatoms. The van der Waals surface area contributed by atoms with Crippen LogP contribution in [0.2, 0.25) is 0 Å². The van der Waals surface area contributed by atoms with Crippen molar-refractivity contribution in [3.8, 4) is 0 Å². The molecule has 118 valence electrons. The molecular weight excluding hydrogens is 280 g/mol. The van der Waals surface area contributed by atoms with Gasteiger partial charge in [0.2, 0.25) is 0 Å². The van der Waals surface area contributed by atoms with Crippen LogP contribution < -0.4 is 5.32 Å². The molecule has 0 radical (unpaired) electrons. The molecule has 1 aliphatic carbocycles. The number of aryl methyl sites for hydroxylation is 1. The Labute approximate surface area is 132 Å². The number of piperidine rings is 1. The van der Waals surface area contributed by atoms with E-state index >= 15 is 0 Å². The molecule has 1 aliphatic heterocycles. The molecule has 2 heterocycles. The van der Waals surface area contributed by atoms with Crippen molar-refractivity contribution in [2.24, 2.45) is 0 Å². The van der Waals surface area contributed by atoms with Gasteiger partial charge >= 0.3 is 0 Å². The molecule has 2 fully saturated rings. The van der Waals surface area contributed by atoms with Gasteiger partial charge in [0, 0.05) is 28.9 Å². The largest absolute Gasteiger partial charge is 0.375 e. The molecule has 2 aliphatic rings. The van der Waals surface area contributed by atoms with Crippen LogP contribution in [0.25, 0.3) is 0 Å². The first kappa shape index (κ1) is 15.5. The van der Waals surface area contributed by atoms with Gasteiger partial charge in [0.15, 0.2) is 0 Å². The van der Waals surface area contributed by atoms with Crippen LogP contribution in [0.5, 0.6) is 0 Å². The first-order chi connectivity index (χ1) is 10.3. The Morgan fingerprint density at radius 2 is 2.10 bits per heavy atom. The summed E-state index contributed by atoms with van der Waals surface area (Å²) in [5.74, 6) is 0. The van der Waals surface area contributed by atoms with Crippen LogP contribution in [0.15, 0.2) is 6.07 Å². The van der Waals surface area contributed by atoms with E-state index < -0.39 is 0 Å². The van der Waals surface area contributed by atoms with Gasteiger partial charge in [-0.1, -0.05) is 6.42 Å². The Kier molecular flexibility index (Phi) is 5.69. The molecule has 0 spiro atoms. The third-order valence-electron chi connectivity index (χ3n) is 4.47. The number of ether oxygens (including phenoxy) is 1. The molecule has 0 atom stereocenters. The van der Waals surface area contributed by atoms with Gasteiger partial charge in [0.25, 0.3) is 0 Å². The van der Waals surface area contributed by atoms with Gasteiger partial charge in [-0.2, -0.15) is 0 Å². The highest BCUT2D eigenvalue weighted by atomic mass is 32.1. The maximum absolute atomic E-state index is 5.90. The fourth-order valence-electron chi connectivity index (χ4n) is 2.91. The zero-order valence-electron chi connectivity index (χ0n) is 13.2. The van der Waals surface area contributed by atoms with Gasteiger partial charge in [-0.05, 0) is 57.3 Å². The maximum atomic E-state index is 5.90. The number of rotatable bonds is 8. The van der Waals surface area contributed by atoms with Crippen LogP contribution in [0.1, 0.15) is 47.4 Å². The van der Waals surface area contributed by atoms with E-state index in [0.717, 1.165) is 32.3 Å². The molecule has 21 heavy (non-hydrogen) atoms. The molecule has 0 aromatic carbocycles. The van der Waals surface area contributed by atoms with Gasteiger partial charge in [0.05, 0.1) is 13.2 Å².